The Morgan fingerprint density at radius 1 is 1.12 bits per heavy atom. The minimum absolute atomic E-state index is 0.0269. The lowest BCUT2D eigenvalue weighted by Gasteiger charge is -2.24. The van der Waals surface area contributed by atoms with E-state index in [0.717, 1.165) is 6.07 Å². The lowest BCUT2D eigenvalue weighted by atomic mass is 9.86. The number of nitrogens with zero attached hydrogens (tertiary/aromatic N) is 1. The normalized spacial score (nSPS) is 24.4. The van der Waals surface area contributed by atoms with Crippen LogP contribution >= 0.6 is 0 Å². The van der Waals surface area contributed by atoms with Crippen LogP contribution in [0.2, 0.25) is 0 Å². The molecule has 0 saturated heterocycles. The van der Waals surface area contributed by atoms with Crippen LogP contribution in [0.4, 0.5) is 11.6 Å². The van der Waals surface area contributed by atoms with Crippen LogP contribution in [0.25, 0.3) is 0 Å². The fourth-order valence-corrected chi connectivity index (χ4v) is 1.63. The van der Waals surface area contributed by atoms with Crippen molar-refractivity contribution in [2.24, 2.45) is 0 Å². The number of hydrogen-bond donors (Lipinski definition) is 4. The van der Waals surface area contributed by atoms with Crippen molar-refractivity contribution < 1.29 is 19.8 Å². The van der Waals surface area contributed by atoms with Crippen LogP contribution in [0, 0.1) is 0 Å². The summed E-state index contributed by atoms with van der Waals surface area (Å²) in [6, 6.07) is 1.15. The molecule has 1 aliphatic rings. The van der Waals surface area contributed by atoms with E-state index in [1.54, 1.807) is 0 Å². The van der Waals surface area contributed by atoms with Gasteiger partial charge in [0.25, 0.3) is 0 Å². The summed E-state index contributed by atoms with van der Waals surface area (Å²) < 4.78 is 0. The number of hydrogen-bond acceptors (Lipinski definition) is 7. The van der Waals surface area contributed by atoms with E-state index in [1.807, 2.05) is 0 Å². The van der Waals surface area contributed by atoms with Crippen LogP contribution in [0.1, 0.15) is 20.7 Å². The third kappa shape index (κ3) is 1.26. The lowest BCUT2D eigenvalue weighted by Crippen LogP contribution is -2.45. The number of aromatic nitrogens is 1. The Labute approximate surface area is 89.7 Å². The number of rotatable bonds is 0. The van der Waals surface area contributed by atoms with Crippen molar-refractivity contribution in [1.29, 1.82) is 0 Å². The van der Waals surface area contributed by atoms with Crippen LogP contribution < -0.4 is 11.5 Å². The van der Waals surface area contributed by atoms with Crippen LogP contribution in [0.3, 0.4) is 0 Å². The maximum Gasteiger partial charge on any atom is 0.198 e. The summed E-state index contributed by atoms with van der Waals surface area (Å²) >= 11 is 0. The summed E-state index contributed by atoms with van der Waals surface area (Å²) in [5, 5.41) is 18.6. The Morgan fingerprint density at radius 2 is 1.69 bits per heavy atom. The number of aliphatic hydroxyl groups is 2. The molecule has 0 saturated carbocycles. The molecule has 0 radical (unpaired) electrons. The fraction of sp³-hybridized carbons (Fsp3) is 0.222. The summed E-state index contributed by atoms with van der Waals surface area (Å²) in [6.45, 7) is 0. The van der Waals surface area contributed by atoms with Gasteiger partial charge in [0.05, 0.1) is 5.56 Å². The van der Waals surface area contributed by atoms with Gasteiger partial charge < -0.3 is 21.7 Å². The molecule has 6 N–H and O–H groups in total. The average Bonchev–Trinajstić information content (AvgIpc) is 2.22. The number of anilines is 2. The Morgan fingerprint density at radius 3 is 2.31 bits per heavy atom. The molecule has 2 unspecified atom stereocenters. The Balaban J connectivity index is 2.73. The first kappa shape index (κ1) is 10.5. The number of carbonyl (C=O) groups is 2. The molecule has 7 nitrogen and oxygen atoms in total. The van der Waals surface area contributed by atoms with Crippen molar-refractivity contribution in [2.45, 2.75) is 12.2 Å². The van der Waals surface area contributed by atoms with E-state index in [1.165, 1.54) is 0 Å². The van der Waals surface area contributed by atoms with E-state index in [2.05, 4.69) is 4.98 Å². The molecule has 0 amide bonds. The van der Waals surface area contributed by atoms with Gasteiger partial charge in [-0.15, -0.1) is 0 Å². The molecule has 16 heavy (non-hydrogen) atoms. The van der Waals surface area contributed by atoms with Gasteiger partial charge in [0.2, 0.25) is 0 Å². The second kappa shape index (κ2) is 3.26. The molecular formula is C9H9N3O4. The number of aliphatic hydroxyl groups excluding tert-OH is 2. The molecule has 0 fully saturated rings. The van der Waals surface area contributed by atoms with E-state index < -0.39 is 23.8 Å². The third-order valence-corrected chi connectivity index (χ3v) is 2.42. The number of nitrogens with two attached hydrogens (primary N) is 2. The molecule has 2 atom stereocenters. The second-order valence-electron chi connectivity index (χ2n) is 3.47. The highest BCUT2D eigenvalue weighted by Crippen LogP contribution is 2.27. The molecule has 84 valence electrons. The topological polar surface area (TPSA) is 140 Å². The predicted molar refractivity (Wildman–Crippen MR) is 53.7 cm³/mol. The molecule has 1 heterocycles. The van der Waals surface area contributed by atoms with Crippen LogP contribution in [0.15, 0.2) is 6.07 Å². The van der Waals surface area contributed by atoms with Gasteiger partial charge in [-0.25, -0.2) is 4.98 Å². The van der Waals surface area contributed by atoms with Crippen molar-refractivity contribution in [3.8, 4) is 0 Å². The first-order valence-corrected chi connectivity index (χ1v) is 4.44. The molecular weight excluding hydrogens is 214 g/mol. The van der Waals surface area contributed by atoms with E-state index >= 15 is 0 Å². The summed E-state index contributed by atoms with van der Waals surface area (Å²) in [4.78, 5) is 26.8. The van der Waals surface area contributed by atoms with Crippen LogP contribution in [0.5, 0.6) is 0 Å². The van der Waals surface area contributed by atoms with Crippen LogP contribution in [-0.4, -0.2) is 39.0 Å². The number of ketones is 2. The first-order valence-electron chi connectivity index (χ1n) is 4.44. The Kier molecular flexibility index (Phi) is 2.14. The molecule has 0 aromatic carbocycles. The third-order valence-electron chi connectivity index (χ3n) is 2.42. The Hall–Kier alpha value is -1.99. The smallest absolute Gasteiger partial charge is 0.198 e. The van der Waals surface area contributed by atoms with E-state index in [9.17, 15) is 19.8 Å². The van der Waals surface area contributed by atoms with Gasteiger partial charge in [0.15, 0.2) is 23.8 Å². The summed E-state index contributed by atoms with van der Waals surface area (Å²) in [5.74, 6) is -1.87. The second-order valence-corrected chi connectivity index (χ2v) is 3.47. The zero-order valence-corrected chi connectivity index (χ0v) is 8.04. The van der Waals surface area contributed by atoms with Gasteiger partial charge in [-0.1, -0.05) is 0 Å². The molecule has 1 aromatic rings. The number of carbonyl (C=O) groups excluding carboxylic acids is 2. The first-order chi connectivity index (χ1) is 7.43. The number of pyridine rings is 1. The van der Waals surface area contributed by atoms with Crippen molar-refractivity contribution in [3.05, 3.63) is 17.2 Å². The minimum atomic E-state index is -1.80. The van der Waals surface area contributed by atoms with E-state index in [0.29, 0.717) is 0 Å². The molecule has 1 aromatic heterocycles. The highest BCUT2D eigenvalue weighted by atomic mass is 16.3. The van der Waals surface area contributed by atoms with Crippen molar-refractivity contribution in [2.75, 3.05) is 11.5 Å². The zero-order chi connectivity index (χ0) is 12.0. The zero-order valence-electron chi connectivity index (χ0n) is 8.04. The summed E-state index contributed by atoms with van der Waals surface area (Å²) in [7, 11) is 0. The lowest BCUT2D eigenvalue weighted by molar-refractivity contribution is 0.0184. The van der Waals surface area contributed by atoms with Gasteiger partial charge >= 0.3 is 0 Å². The molecule has 7 heteroatoms. The highest BCUT2D eigenvalue weighted by molar-refractivity contribution is 6.20. The molecule has 0 spiro atoms. The number of Topliss-reactive ketones (excluding diaryl/α,β-unsaturated/α-hetero) is 2. The van der Waals surface area contributed by atoms with Gasteiger partial charge in [-0.3, -0.25) is 9.59 Å². The maximum atomic E-state index is 11.6. The standard InChI is InChI=1S/C9H9N3O4/c10-3-1-2-4(9(11)12-3)6(14)8(16)7(15)5(2)13/h1,7-8,15-16H,(H4,10,11,12). The largest absolute Gasteiger partial charge is 0.384 e. The quantitative estimate of drug-likeness (QED) is 0.413. The van der Waals surface area contributed by atoms with Gasteiger partial charge in [-0.2, -0.15) is 0 Å². The summed E-state index contributed by atoms with van der Waals surface area (Å²) in [5.41, 5.74) is 10.5. The fourth-order valence-electron chi connectivity index (χ4n) is 1.63. The molecule has 0 aliphatic heterocycles. The predicted octanol–water partition coefficient (Wildman–Crippen LogP) is -1.65. The number of nitrogen functional groups attached to an aromatic ring is 2. The maximum absolute atomic E-state index is 11.6. The van der Waals surface area contributed by atoms with Crippen LogP contribution in [-0.2, 0) is 0 Å². The van der Waals surface area contributed by atoms with Gasteiger partial charge in [-0.05, 0) is 6.07 Å². The van der Waals surface area contributed by atoms with E-state index in [4.69, 9.17) is 11.5 Å². The molecule has 0 bridgehead atoms. The average molecular weight is 223 g/mol. The highest BCUT2D eigenvalue weighted by Gasteiger charge is 2.41. The SMILES string of the molecule is Nc1cc2c(c(N)n1)C(=O)C(O)C(O)C2=O. The monoisotopic (exact) mass is 223 g/mol. The van der Waals surface area contributed by atoms with E-state index in [-0.39, 0.29) is 22.8 Å². The molecule has 1 aliphatic carbocycles. The van der Waals surface area contributed by atoms with Gasteiger partial charge in [0.1, 0.15) is 11.6 Å². The minimum Gasteiger partial charge on any atom is -0.384 e. The van der Waals surface area contributed by atoms with Crippen molar-refractivity contribution in [1.82, 2.24) is 4.98 Å². The molecule has 2 rings (SSSR count). The Bertz CT molecular complexity index is 500. The van der Waals surface area contributed by atoms with Crippen molar-refractivity contribution >= 4 is 23.2 Å². The number of fused-ring (bicyclic) bond motifs is 1. The summed E-state index contributed by atoms with van der Waals surface area (Å²) in [6.07, 6.45) is -3.58. The van der Waals surface area contributed by atoms with Gasteiger partial charge in [0, 0.05) is 5.56 Å². The van der Waals surface area contributed by atoms with Crippen molar-refractivity contribution in [3.63, 3.8) is 0 Å².